The van der Waals surface area contributed by atoms with E-state index in [0.717, 1.165) is 0 Å². The summed E-state index contributed by atoms with van der Waals surface area (Å²) in [5.41, 5.74) is 0.454. The van der Waals surface area contributed by atoms with Gasteiger partial charge in [-0.2, -0.15) is 0 Å². The van der Waals surface area contributed by atoms with Gasteiger partial charge in [0.25, 0.3) is 5.91 Å². The van der Waals surface area contributed by atoms with Crippen LogP contribution in [-0.4, -0.2) is 41.0 Å². The summed E-state index contributed by atoms with van der Waals surface area (Å²) in [5.74, 6) is -2.25. The second-order valence-corrected chi connectivity index (χ2v) is 6.79. The molecule has 1 aromatic heterocycles. The molecular weight excluding hydrogens is 365 g/mol. The van der Waals surface area contributed by atoms with E-state index in [-0.39, 0.29) is 24.0 Å². The fourth-order valence-electron chi connectivity index (χ4n) is 3.20. The molecule has 0 saturated carbocycles. The van der Waals surface area contributed by atoms with Crippen LogP contribution in [0.5, 0.6) is 0 Å². The molecular formula is C21H22FNO5. The fraction of sp³-hybridized carbons (Fsp3) is 0.333. The smallest absolute Gasteiger partial charge is 0.290 e. The summed E-state index contributed by atoms with van der Waals surface area (Å²) in [5, 5.41) is 10.4. The SMILES string of the molecule is CC(C)OCCCN1C(=O)C(O)=C(C(=O)c2ccco2)C1c1ccc(F)cc1. The lowest BCUT2D eigenvalue weighted by Gasteiger charge is -2.26. The fourth-order valence-corrected chi connectivity index (χ4v) is 3.20. The second kappa shape index (κ2) is 8.39. The number of rotatable bonds is 8. The highest BCUT2D eigenvalue weighted by Crippen LogP contribution is 2.39. The monoisotopic (exact) mass is 387 g/mol. The number of aliphatic hydroxyl groups is 1. The third-order valence-corrected chi connectivity index (χ3v) is 4.47. The van der Waals surface area contributed by atoms with Crippen molar-refractivity contribution in [1.29, 1.82) is 0 Å². The average molecular weight is 387 g/mol. The molecule has 1 aromatic carbocycles. The Morgan fingerprint density at radius 3 is 2.61 bits per heavy atom. The van der Waals surface area contributed by atoms with Crippen molar-refractivity contribution in [1.82, 2.24) is 4.90 Å². The lowest BCUT2D eigenvalue weighted by Crippen LogP contribution is -2.32. The number of ether oxygens (including phenoxy) is 1. The topological polar surface area (TPSA) is 80.0 Å². The van der Waals surface area contributed by atoms with Crippen LogP contribution >= 0.6 is 0 Å². The van der Waals surface area contributed by atoms with Crippen molar-refractivity contribution in [2.24, 2.45) is 0 Å². The zero-order valence-electron chi connectivity index (χ0n) is 15.7. The van der Waals surface area contributed by atoms with Gasteiger partial charge in [-0.05, 0) is 50.1 Å². The van der Waals surface area contributed by atoms with Gasteiger partial charge in [0.2, 0.25) is 5.78 Å². The van der Waals surface area contributed by atoms with Crippen molar-refractivity contribution in [2.45, 2.75) is 32.4 Å². The van der Waals surface area contributed by atoms with Crippen LogP contribution in [0.2, 0.25) is 0 Å². The number of halogens is 1. The molecule has 1 unspecified atom stereocenters. The number of benzene rings is 1. The van der Waals surface area contributed by atoms with Gasteiger partial charge in [-0.15, -0.1) is 0 Å². The lowest BCUT2D eigenvalue weighted by molar-refractivity contribution is -0.129. The second-order valence-electron chi connectivity index (χ2n) is 6.79. The van der Waals surface area contributed by atoms with Crippen LogP contribution < -0.4 is 0 Å². The average Bonchev–Trinajstić information content (AvgIpc) is 3.28. The highest BCUT2D eigenvalue weighted by Gasteiger charge is 2.44. The van der Waals surface area contributed by atoms with E-state index in [0.29, 0.717) is 18.6 Å². The number of hydrogen-bond donors (Lipinski definition) is 1. The van der Waals surface area contributed by atoms with E-state index in [1.165, 1.54) is 41.5 Å². The zero-order valence-corrected chi connectivity index (χ0v) is 15.7. The molecule has 3 rings (SSSR count). The first-order valence-electron chi connectivity index (χ1n) is 9.09. The van der Waals surface area contributed by atoms with Crippen LogP contribution in [-0.2, 0) is 9.53 Å². The predicted molar refractivity (Wildman–Crippen MR) is 99.3 cm³/mol. The first-order chi connectivity index (χ1) is 13.4. The Morgan fingerprint density at radius 1 is 1.29 bits per heavy atom. The Kier molecular flexibility index (Phi) is 5.94. The van der Waals surface area contributed by atoms with E-state index in [4.69, 9.17) is 9.15 Å². The van der Waals surface area contributed by atoms with Crippen LogP contribution in [0, 0.1) is 5.82 Å². The number of carbonyl (C=O) groups is 2. The summed E-state index contributed by atoms with van der Waals surface area (Å²) < 4.78 is 24.0. The molecule has 2 aromatic rings. The molecule has 2 heterocycles. The van der Waals surface area contributed by atoms with E-state index in [9.17, 15) is 19.1 Å². The van der Waals surface area contributed by atoms with Crippen molar-refractivity contribution in [3.05, 3.63) is 71.1 Å². The van der Waals surface area contributed by atoms with Crippen molar-refractivity contribution >= 4 is 11.7 Å². The highest BCUT2D eigenvalue weighted by atomic mass is 19.1. The summed E-state index contributed by atoms with van der Waals surface area (Å²) in [7, 11) is 0. The van der Waals surface area contributed by atoms with Gasteiger partial charge in [0.15, 0.2) is 11.5 Å². The van der Waals surface area contributed by atoms with E-state index in [2.05, 4.69) is 0 Å². The molecule has 28 heavy (non-hydrogen) atoms. The van der Waals surface area contributed by atoms with Crippen LogP contribution in [0.4, 0.5) is 4.39 Å². The summed E-state index contributed by atoms with van der Waals surface area (Å²) in [4.78, 5) is 27.0. The number of Topliss-reactive ketones (excluding diaryl/α,β-unsaturated/α-hetero) is 1. The maximum atomic E-state index is 13.4. The summed E-state index contributed by atoms with van der Waals surface area (Å²) in [6.07, 6.45) is 1.93. The minimum absolute atomic E-state index is 0.0199. The van der Waals surface area contributed by atoms with Gasteiger partial charge in [0, 0.05) is 13.2 Å². The van der Waals surface area contributed by atoms with E-state index in [1.54, 1.807) is 6.07 Å². The number of hydrogen-bond acceptors (Lipinski definition) is 5. The van der Waals surface area contributed by atoms with Crippen LogP contribution in [0.3, 0.4) is 0 Å². The van der Waals surface area contributed by atoms with Crippen LogP contribution in [0.15, 0.2) is 58.4 Å². The summed E-state index contributed by atoms with van der Waals surface area (Å²) >= 11 is 0. The van der Waals surface area contributed by atoms with E-state index < -0.39 is 29.3 Å². The molecule has 0 radical (unpaired) electrons. The maximum absolute atomic E-state index is 13.4. The number of amides is 1. The van der Waals surface area contributed by atoms with Gasteiger partial charge >= 0.3 is 0 Å². The van der Waals surface area contributed by atoms with E-state index in [1.807, 2.05) is 13.8 Å². The molecule has 1 amide bonds. The molecule has 0 spiro atoms. The third-order valence-electron chi connectivity index (χ3n) is 4.47. The molecule has 6 nitrogen and oxygen atoms in total. The Hall–Kier alpha value is -2.93. The third kappa shape index (κ3) is 3.99. The zero-order chi connectivity index (χ0) is 20.3. The Morgan fingerprint density at radius 2 is 2.00 bits per heavy atom. The molecule has 7 heteroatoms. The molecule has 0 fully saturated rings. The highest BCUT2D eigenvalue weighted by molar-refractivity contribution is 6.14. The van der Waals surface area contributed by atoms with Crippen LogP contribution in [0.25, 0.3) is 0 Å². The largest absolute Gasteiger partial charge is 0.503 e. The minimum Gasteiger partial charge on any atom is -0.503 e. The molecule has 1 atom stereocenters. The number of furan rings is 1. The van der Waals surface area contributed by atoms with Crippen molar-refractivity contribution in [3.8, 4) is 0 Å². The van der Waals surface area contributed by atoms with Gasteiger partial charge < -0.3 is 19.2 Å². The lowest BCUT2D eigenvalue weighted by atomic mass is 9.95. The summed E-state index contributed by atoms with van der Waals surface area (Å²) in [6, 6.07) is 7.69. The minimum atomic E-state index is -0.829. The van der Waals surface area contributed by atoms with E-state index >= 15 is 0 Å². The summed E-state index contributed by atoms with van der Waals surface area (Å²) in [6.45, 7) is 4.53. The quantitative estimate of drug-likeness (QED) is 0.550. The standard InChI is InChI=1S/C21H22FNO5/c1-13(2)27-12-4-10-23-18(14-6-8-15(22)9-7-14)17(20(25)21(23)26)19(24)16-5-3-11-28-16/h3,5-9,11,13,18,25H,4,10,12H2,1-2H3. The van der Waals surface area contributed by atoms with Gasteiger partial charge in [-0.1, -0.05) is 12.1 Å². The Labute approximate surface area is 162 Å². The van der Waals surface area contributed by atoms with Crippen molar-refractivity contribution in [2.75, 3.05) is 13.2 Å². The number of ketones is 1. The predicted octanol–water partition coefficient (Wildman–Crippen LogP) is 3.81. The van der Waals surface area contributed by atoms with Crippen molar-refractivity contribution in [3.63, 3.8) is 0 Å². The molecule has 1 aliphatic heterocycles. The first kappa shape index (κ1) is 19.8. The van der Waals surface area contributed by atoms with Crippen LogP contribution in [0.1, 0.15) is 42.4 Å². The van der Waals surface area contributed by atoms with Gasteiger partial charge in [0.05, 0.1) is 24.0 Å². The molecule has 1 aliphatic rings. The number of carbonyl (C=O) groups excluding carboxylic acids is 2. The first-order valence-corrected chi connectivity index (χ1v) is 9.09. The normalized spacial score (nSPS) is 17.1. The Bertz CT molecular complexity index is 871. The maximum Gasteiger partial charge on any atom is 0.290 e. The van der Waals surface area contributed by atoms with Gasteiger partial charge in [-0.25, -0.2) is 4.39 Å². The Balaban J connectivity index is 1.93. The molecule has 148 valence electrons. The molecule has 0 saturated heterocycles. The number of aliphatic hydroxyl groups excluding tert-OH is 1. The molecule has 1 N–H and O–H groups in total. The van der Waals surface area contributed by atoms with Gasteiger partial charge in [0.1, 0.15) is 5.82 Å². The molecule has 0 bridgehead atoms. The van der Waals surface area contributed by atoms with Gasteiger partial charge in [-0.3, -0.25) is 9.59 Å². The molecule has 0 aliphatic carbocycles. The van der Waals surface area contributed by atoms with Crippen molar-refractivity contribution < 1.29 is 28.2 Å². The number of nitrogens with zero attached hydrogens (tertiary/aromatic N) is 1.